The second kappa shape index (κ2) is 14.6. The summed E-state index contributed by atoms with van der Waals surface area (Å²) < 4.78 is 25.9. The summed E-state index contributed by atoms with van der Waals surface area (Å²) in [5.41, 5.74) is 2.76. The van der Waals surface area contributed by atoms with Crippen LogP contribution in [0.3, 0.4) is 0 Å². The number of hydrogen-bond acceptors (Lipinski definition) is 6. The molecule has 258 valence electrons. The topological polar surface area (TPSA) is 122 Å². The number of nitrogens with zero attached hydrogens (tertiary/aromatic N) is 4. The summed E-state index contributed by atoms with van der Waals surface area (Å²) >= 11 is 12.2. The quantitative estimate of drug-likeness (QED) is 0.228. The zero-order valence-corrected chi connectivity index (χ0v) is 29.4. The van der Waals surface area contributed by atoms with E-state index in [0.717, 1.165) is 33.7 Å². The van der Waals surface area contributed by atoms with Crippen LogP contribution in [-0.4, -0.2) is 84.2 Å². The fourth-order valence-electron chi connectivity index (χ4n) is 6.46. The molecule has 0 aromatic heterocycles. The van der Waals surface area contributed by atoms with E-state index in [0.29, 0.717) is 15.7 Å². The predicted molar refractivity (Wildman–Crippen MR) is 193 cm³/mol. The van der Waals surface area contributed by atoms with Gasteiger partial charge in [-0.2, -0.15) is 5.01 Å². The van der Waals surface area contributed by atoms with Gasteiger partial charge in [-0.15, -0.1) is 6.42 Å². The van der Waals surface area contributed by atoms with Crippen molar-refractivity contribution in [3.8, 4) is 12.3 Å². The molecule has 0 spiro atoms. The van der Waals surface area contributed by atoms with Crippen LogP contribution in [0, 0.1) is 12.3 Å². The molecule has 0 radical (unpaired) electrons. The van der Waals surface area contributed by atoms with Crippen molar-refractivity contribution in [2.75, 3.05) is 30.6 Å². The molecule has 2 heterocycles. The first kappa shape index (κ1) is 35.0. The molecule has 4 aromatic rings. The maximum Gasteiger partial charge on any atom is 0.333 e. The van der Waals surface area contributed by atoms with Crippen LogP contribution in [0.15, 0.2) is 84.9 Å². The third-order valence-electron chi connectivity index (χ3n) is 8.71. The normalized spacial score (nSPS) is 17.8. The molecule has 2 fully saturated rings. The van der Waals surface area contributed by atoms with Crippen molar-refractivity contribution in [2.24, 2.45) is 0 Å². The van der Waals surface area contributed by atoms with Gasteiger partial charge in [-0.3, -0.25) is 14.3 Å². The van der Waals surface area contributed by atoms with Crippen molar-refractivity contribution in [3.63, 3.8) is 0 Å². The molecule has 50 heavy (non-hydrogen) atoms. The van der Waals surface area contributed by atoms with Gasteiger partial charge in [0.1, 0.15) is 12.2 Å². The second-order valence-corrected chi connectivity index (χ2v) is 14.8. The summed E-state index contributed by atoms with van der Waals surface area (Å²) in [4.78, 5) is 45.1. The van der Waals surface area contributed by atoms with Crippen molar-refractivity contribution in [1.82, 2.24) is 25.1 Å². The van der Waals surface area contributed by atoms with E-state index in [2.05, 4.69) is 16.0 Å². The number of terminal acetylenes is 1. The van der Waals surface area contributed by atoms with Crippen molar-refractivity contribution in [2.45, 2.75) is 31.7 Å². The first-order valence-electron chi connectivity index (χ1n) is 15.7. The van der Waals surface area contributed by atoms with E-state index in [1.165, 1.54) is 5.01 Å². The summed E-state index contributed by atoms with van der Waals surface area (Å²) in [6.45, 7) is 0.240. The van der Waals surface area contributed by atoms with Gasteiger partial charge in [0.05, 0.1) is 35.9 Å². The number of rotatable bonds is 10. The van der Waals surface area contributed by atoms with E-state index in [1.807, 2.05) is 42.5 Å². The lowest BCUT2D eigenvalue weighted by Gasteiger charge is -2.46. The number of benzene rings is 4. The van der Waals surface area contributed by atoms with E-state index in [4.69, 9.17) is 29.6 Å². The Morgan fingerprint density at radius 2 is 1.70 bits per heavy atom. The predicted octanol–water partition coefficient (Wildman–Crippen LogP) is 4.70. The molecule has 2 atom stereocenters. The Hall–Kier alpha value is -4.80. The van der Waals surface area contributed by atoms with Gasteiger partial charge in [0.2, 0.25) is 21.8 Å². The molecule has 0 unspecified atom stereocenters. The van der Waals surface area contributed by atoms with Gasteiger partial charge >= 0.3 is 6.03 Å². The van der Waals surface area contributed by atoms with Crippen molar-refractivity contribution in [3.05, 3.63) is 112 Å². The largest absolute Gasteiger partial charge is 0.333 e. The number of piperazine rings is 1. The number of anilines is 1. The van der Waals surface area contributed by atoms with Gasteiger partial charge in [0.25, 0.3) is 0 Å². The number of urea groups is 1. The zero-order chi connectivity index (χ0) is 35.6. The number of hydrazine groups is 1. The monoisotopic (exact) mass is 732 g/mol. The minimum absolute atomic E-state index is 0.123. The maximum atomic E-state index is 14.3. The van der Waals surface area contributed by atoms with Crippen LogP contribution in [0.25, 0.3) is 10.8 Å². The summed E-state index contributed by atoms with van der Waals surface area (Å²) in [6.07, 6.45) is 6.26. The SMILES string of the molecule is C#CCN(C(=O)NCc1ccc(Cl)c(Cl)c1)N1CC(=O)N2[C@@H](Cc3ccc(NS(C)(=O)=O)cc3)C(=O)N(Cc3cccc4ccccc34)C[C@@H]21. The van der Waals surface area contributed by atoms with Crippen LogP contribution < -0.4 is 10.0 Å². The fraction of sp³-hybridized carbons (Fsp3) is 0.250. The molecule has 2 aliphatic rings. The first-order chi connectivity index (χ1) is 23.9. The number of nitrogens with one attached hydrogen (secondary N) is 2. The summed E-state index contributed by atoms with van der Waals surface area (Å²) in [5, 5.41) is 8.60. The number of halogens is 2. The molecular weight excluding hydrogens is 699 g/mol. The third-order valence-corrected chi connectivity index (χ3v) is 10.1. The lowest BCUT2D eigenvalue weighted by atomic mass is 9.99. The van der Waals surface area contributed by atoms with Crippen molar-refractivity contribution in [1.29, 1.82) is 0 Å². The van der Waals surface area contributed by atoms with E-state index >= 15 is 0 Å². The maximum absolute atomic E-state index is 14.3. The van der Waals surface area contributed by atoms with E-state index in [-0.39, 0.29) is 51.0 Å². The Morgan fingerprint density at radius 1 is 0.980 bits per heavy atom. The highest BCUT2D eigenvalue weighted by Gasteiger charge is 2.52. The molecule has 2 saturated heterocycles. The Balaban J connectivity index is 1.31. The van der Waals surface area contributed by atoms with Gasteiger partial charge < -0.3 is 15.1 Å². The molecule has 2 N–H and O–H groups in total. The van der Waals surface area contributed by atoms with Gasteiger partial charge in [0, 0.05) is 25.2 Å². The Labute approximate surface area is 300 Å². The molecule has 0 bridgehead atoms. The molecular formula is C36H34Cl2N6O5S. The minimum atomic E-state index is -3.48. The number of hydrogen-bond donors (Lipinski definition) is 2. The molecule has 0 aliphatic carbocycles. The highest BCUT2D eigenvalue weighted by atomic mass is 35.5. The Morgan fingerprint density at radius 3 is 2.42 bits per heavy atom. The second-order valence-electron chi connectivity index (χ2n) is 12.2. The van der Waals surface area contributed by atoms with Gasteiger partial charge in [0.15, 0.2) is 0 Å². The fourth-order valence-corrected chi connectivity index (χ4v) is 7.34. The highest BCUT2D eigenvalue weighted by Crippen LogP contribution is 2.31. The number of fused-ring (bicyclic) bond motifs is 2. The first-order valence-corrected chi connectivity index (χ1v) is 18.4. The molecule has 4 aromatic carbocycles. The Bertz CT molecular complexity index is 2100. The average molecular weight is 734 g/mol. The summed E-state index contributed by atoms with van der Waals surface area (Å²) in [6, 6.07) is 24.1. The van der Waals surface area contributed by atoms with Gasteiger partial charge in [-0.05, 0) is 51.7 Å². The van der Waals surface area contributed by atoms with Crippen LogP contribution >= 0.6 is 23.2 Å². The van der Waals surface area contributed by atoms with Crippen molar-refractivity contribution < 1.29 is 22.8 Å². The van der Waals surface area contributed by atoms with Crippen molar-refractivity contribution >= 4 is 67.5 Å². The lowest BCUT2D eigenvalue weighted by Crippen LogP contribution is -2.66. The standard InChI is InChI=1S/C36H34Cl2N6O5S/c1-3-17-42(36(47)39-20-25-13-16-30(37)31(38)18-25)43-23-34(45)44-32(19-24-11-14-28(15-12-24)40-50(2,48)49)35(46)41(22-33(43)44)21-27-9-6-8-26-7-4-5-10-29(26)27/h1,4-16,18,32-33,40H,17,19-23H2,2H3,(H,39,47)/t32-,33+/m0/s1. The number of carbonyl (C=O) groups excluding carboxylic acids is 3. The molecule has 11 nitrogen and oxygen atoms in total. The average Bonchev–Trinajstić information content (AvgIpc) is 3.41. The highest BCUT2D eigenvalue weighted by molar-refractivity contribution is 7.92. The van der Waals surface area contributed by atoms with Crippen LogP contribution in [0.5, 0.6) is 0 Å². The summed E-state index contributed by atoms with van der Waals surface area (Å²) in [5.74, 6) is 1.96. The van der Waals surface area contributed by atoms with Gasteiger partial charge in [-0.25, -0.2) is 18.2 Å². The molecule has 4 amide bonds. The molecule has 6 rings (SSSR count). The van der Waals surface area contributed by atoms with E-state index < -0.39 is 28.3 Å². The van der Waals surface area contributed by atoms with Crippen LogP contribution in [0.4, 0.5) is 10.5 Å². The molecule has 2 aliphatic heterocycles. The van der Waals surface area contributed by atoms with Gasteiger partial charge in [-0.1, -0.05) is 89.8 Å². The number of carbonyl (C=O) groups is 3. The van der Waals surface area contributed by atoms with Crippen LogP contribution in [0.2, 0.25) is 10.0 Å². The number of sulfonamides is 1. The third kappa shape index (κ3) is 7.66. The molecule has 0 saturated carbocycles. The summed E-state index contributed by atoms with van der Waals surface area (Å²) in [7, 11) is -3.48. The number of amides is 4. The smallest absolute Gasteiger partial charge is 0.333 e. The zero-order valence-electron chi connectivity index (χ0n) is 27.1. The van der Waals surface area contributed by atoms with E-state index in [1.54, 1.807) is 57.3 Å². The Kier molecular flexibility index (Phi) is 10.2. The van der Waals surface area contributed by atoms with E-state index in [9.17, 15) is 22.8 Å². The van der Waals surface area contributed by atoms with Crippen LogP contribution in [0.1, 0.15) is 16.7 Å². The minimum Gasteiger partial charge on any atom is -0.333 e. The lowest BCUT2D eigenvalue weighted by molar-refractivity contribution is -0.157. The molecule has 14 heteroatoms. The van der Waals surface area contributed by atoms with Crippen LogP contribution in [-0.2, 0) is 39.1 Å².